The number of hydrogen-bond acceptors (Lipinski definition) is 3. The van der Waals surface area contributed by atoms with Crippen LogP contribution in [0.4, 0.5) is 0 Å². The first-order valence-corrected chi connectivity index (χ1v) is 3.89. The van der Waals surface area contributed by atoms with Crippen LogP contribution in [0, 0.1) is 13.8 Å². The maximum absolute atomic E-state index is 5.03. The Bertz CT molecular complexity index is 259. The van der Waals surface area contributed by atoms with Gasteiger partial charge in [-0.1, -0.05) is 11.7 Å². The number of aromatic nitrogens is 1. The maximum Gasteiger partial charge on any atom is 0.138 e. The van der Waals surface area contributed by atoms with Crippen molar-refractivity contribution < 1.29 is 4.52 Å². The van der Waals surface area contributed by atoms with Crippen molar-refractivity contribution in [3.8, 4) is 0 Å². The zero-order chi connectivity index (χ0) is 9.14. The lowest BCUT2D eigenvalue weighted by atomic mass is 10.2. The largest absolute Gasteiger partial charge is 0.376 e. The molecule has 0 saturated carbocycles. The molecule has 0 N–H and O–H groups in total. The van der Waals surface area contributed by atoms with E-state index in [-0.39, 0.29) is 0 Å². The van der Waals surface area contributed by atoms with Gasteiger partial charge in [-0.25, -0.2) is 0 Å². The highest BCUT2D eigenvalue weighted by Crippen LogP contribution is 2.13. The molecule has 1 rings (SSSR count). The van der Waals surface area contributed by atoms with Crippen molar-refractivity contribution in [3.63, 3.8) is 0 Å². The van der Waals surface area contributed by atoms with E-state index >= 15 is 0 Å². The zero-order valence-electron chi connectivity index (χ0n) is 7.79. The Kier molecular flexibility index (Phi) is 2.53. The minimum absolute atomic E-state index is 0.810. The van der Waals surface area contributed by atoms with E-state index in [9.17, 15) is 0 Å². The van der Waals surface area contributed by atoms with E-state index in [4.69, 9.17) is 4.52 Å². The lowest BCUT2D eigenvalue weighted by molar-refractivity contribution is 0.388. The van der Waals surface area contributed by atoms with E-state index in [1.54, 1.807) is 6.20 Å². The molecule has 66 valence electrons. The van der Waals surface area contributed by atoms with Gasteiger partial charge in [0.1, 0.15) is 5.76 Å². The van der Waals surface area contributed by atoms with Crippen LogP contribution in [0.3, 0.4) is 0 Å². The van der Waals surface area contributed by atoms with Crippen LogP contribution in [0.2, 0.25) is 0 Å². The normalized spacial score (nSPS) is 9.92. The fraction of sp³-hybridized carbons (Fsp3) is 0.444. The molecule has 0 amide bonds. The topological polar surface area (TPSA) is 29.3 Å². The third kappa shape index (κ3) is 1.67. The summed E-state index contributed by atoms with van der Waals surface area (Å²) in [6.45, 7) is 8.36. The molecule has 1 aromatic rings. The average molecular weight is 166 g/mol. The van der Waals surface area contributed by atoms with Crippen molar-refractivity contribution in [3.05, 3.63) is 29.8 Å². The third-order valence-corrected chi connectivity index (χ3v) is 1.90. The molecule has 0 bridgehead atoms. The SMILES string of the molecule is C=CN(C)Cc1c(C)noc1C. The van der Waals surface area contributed by atoms with Gasteiger partial charge in [-0.15, -0.1) is 0 Å². The van der Waals surface area contributed by atoms with Gasteiger partial charge in [0.25, 0.3) is 0 Å². The van der Waals surface area contributed by atoms with E-state index in [0.717, 1.165) is 23.6 Å². The first-order chi connectivity index (χ1) is 5.65. The Morgan fingerprint density at radius 1 is 1.58 bits per heavy atom. The summed E-state index contributed by atoms with van der Waals surface area (Å²) in [5.74, 6) is 0.890. The van der Waals surface area contributed by atoms with Crippen LogP contribution in [0.15, 0.2) is 17.3 Å². The van der Waals surface area contributed by atoms with Gasteiger partial charge >= 0.3 is 0 Å². The minimum Gasteiger partial charge on any atom is -0.376 e. The molecule has 0 atom stereocenters. The first-order valence-electron chi connectivity index (χ1n) is 3.89. The molecule has 1 aromatic heterocycles. The summed E-state index contributed by atoms with van der Waals surface area (Å²) < 4.78 is 5.03. The Morgan fingerprint density at radius 2 is 2.25 bits per heavy atom. The van der Waals surface area contributed by atoms with Gasteiger partial charge < -0.3 is 9.42 Å². The Balaban J connectivity index is 2.80. The summed E-state index contributed by atoms with van der Waals surface area (Å²) in [7, 11) is 1.97. The number of hydrogen-bond donors (Lipinski definition) is 0. The number of rotatable bonds is 3. The second kappa shape index (κ2) is 3.43. The lowest BCUT2D eigenvalue weighted by Crippen LogP contribution is -2.10. The molecule has 3 nitrogen and oxygen atoms in total. The molecule has 0 aliphatic rings. The minimum atomic E-state index is 0.810. The third-order valence-electron chi connectivity index (χ3n) is 1.90. The van der Waals surface area contributed by atoms with Crippen LogP contribution in [0.5, 0.6) is 0 Å². The fourth-order valence-electron chi connectivity index (χ4n) is 1.04. The molecule has 0 aliphatic heterocycles. The molecule has 0 aromatic carbocycles. The van der Waals surface area contributed by atoms with E-state index in [1.807, 2.05) is 25.8 Å². The van der Waals surface area contributed by atoms with Crippen LogP contribution in [-0.2, 0) is 6.54 Å². The summed E-state index contributed by atoms with van der Waals surface area (Å²) >= 11 is 0. The highest BCUT2D eigenvalue weighted by atomic mass is 16.5. The van der Waals surface area contributed by atoms with Crippen molar-refractivity contribution in [2.45, 2.75) is 20.4 Å². The second-order valence-corrected chi connectivity index (χ2v) is 2.90. The molecule has 3 heteroatoms. The van der Waals surface area contributed by atoms with E-state index in [2.05, 4.69) is 11.7 Å². The van der Waals surface area contributed by atoms with Gasteiger partial charge in [0, 0.05) is 19.2 Å². The van der Waals surface area contributed by atoms with Gasteiger partial charge in [0.2, 0.25) is 0 Å². The van der Waals surface area contributed by atoms with Crippen molar-refractivity contribution in [2.75, 3.05) is 7.05 Å². The number of aryl methyl sites for hydroxylation is 2. The molecule has 0 saturated heterocycles. The monoisotopic (exact) mass is 166 g/mol. The van der Waals surface area contributed by atoms with E-state index in [1.165, 1.54) is 0 Å². The molecule has 0 radical (unpaired) electrons. The number of nitrogens with zero attached hydrogens (tertiary/aromatic N) is 2. The van der Waals surface area contributed by atoms with Gasteiger partial charge in [-0.2, -0.15) is 0 Å². The van der Waals surface area contributed by atoms with Crippen molar-refractivity contribution in [1.82, 2.24) is 10.1 Å². The fourth-order valence-corrected chi connectivity index (χ4v) is 1.04. The molecule has 0 fully saturated rings. The van der Waals surface area contributed by atoms with Gasteiger partial charge in [-0.05, 0) is 20.0 Å². The van der Waals surface area contributed by atoms with Crippen LogP contribution in [0.25, 0.3) is 0 Å². The van der Waals surface area contributed by atoms with Gasteiger partial charge in [0.05, 0.1) is 5.69 Å². The first kappa shape index (κ1) is 8.84. The standard InChI is InChI=1S/C9H14N2O/c1-5-11(4)6-9-7(2)10-12-8(9)3/h5H,1,6H2,2-4H3. The van der Waals surface area contributed by atoms with Crippen LogP contribution >= 0.6 is 0 Å². The molecule has 1 heterocycles. The molecular weight excluding hydrogens is 152 g/mol. The summed E-state index contributed by atoms with van der Waals surface area (Å²) in [4.78, 5) is 1.99. The molecule has 0 unspecified atom stereocenters. The predicted molar refractivity (Wildman–Crippen MR) is 47.6 cm³/mol. The Hall–Kier alpha value is -1.25. The van der Waals surface area contributed by atoms with Crippen LogP contribution in [0.1, 0.15) is 17.0 Å². The van der Waals surface area contributed by atoms with E-state index in [0.29, 0.717) is 0 Å². The highest BCUT2D eigenvalue weighted by Gasteiger charge is 2.08. The Morgan fingerprint density at radius 3 is 2.67 bits per heavy atom. The van der Waals surface area contributed by atoms with Gasteiger partial charge in [-0.3, -0.25) is 0 Å². The summed E-state index contributed by atoms with van der Waals surface area (Å²) in [5.41, 5.74) is 2.11. The average Bonchev–Trinajstić information content (AvgIpc) is 2.35. The predicted octanol–water partition coefficient (Wildman–Crippen LogP) is 1.87. The smallest absolute Gasteiger partial charge is 0.138 e. The molecular formula is C9H14N2O. The van der Waals surface area contributed by atoms with Crippen LogP contribution < -0.4 is 0 Å². The quantitative estimate of drug-likeness (QED) is 0.686. The summed E-state index contributed by atoms with van der Waals surface area (Å²) in [6, 6.07) is 0. The summed E-state index contributed by atoms with van der Waals surface area (Å²) in [6.07, 6.45) is 1.78. The van der Waals surface area contributed by atoms with E-state index < -0.39 is 0 Å². The lowest BCUT2D eigenvalue weighted by Gasteiger charge is -2.11. The van der Waals surface area contributed by atoms with Gasteiger partial charge in [0.15, 0.2) is 0 Å². The second-order valence-electron chi connectivity index (χ2n) is 2.90. The molecule has 0 aliphatic carbocycles. The summed E-state index contributed by atoms with van der Waals surface area (Å²) in [5, 5.41) is 3.87. The van der Waals surface area contributed by atoms with Crippen molar-refractivity contribution in [2.24, 2.45) is 0 Å². The zero-order valence-corrected chi connectivity index (χ0v) is 7.79. The van der Waals surface area contributed by atoms with Crippen molar-refractivity contribution >= 4 is 0 Å². The van der Waals surface area contributed by atoms with Crippen LogP contribution in [-0.4, -0.2) is 17.1 Å². The highest BCUT2D eigenvalue weighted by molar-refractivity contribution is 5.20. The maximum atomic E-state index is 5.03. The van der Waals surface area contributed by atoms with Crippen molar-refractivity contribution in [1.29, 1.82) is 0 Å². The molecule has 12 heavy (non-hydrogen) atoms. The Labute approximate surface area is 72.7 Å². The molecule has 0 spiro atoms.